The Bertz CT molecular complexity index is 647. The van der Waals surface area contributed by atoms with Gasteiger partial charge in [-0.1, -0.05) is 31.2 Å². The SMILES string of the molecule is CCN(Cc1ccco1)S(=O)(=O)Cc1ccc(CO)cc1. The molecule has 0 aliphatic heterocycles. The van der Waals surface area contributed by atoms with Crippen LogP contribution in [0.5, 0.6) is 0 Å². The number of aliphatic hydroxyl groups excluding tert-OH is 1. The number of benzene rings is 1. The summed E-state index contributed by atoms with van der Waals surface area (Å²) in [4.78, 5) is 0. The van der Waals surface area contributed by atoms with Crippen molar-refractivity contribution in [3.63, 3.8) is 0 Å². The van der Waals surface area contributed by atoms with Crippen LogP contribution in [-0.2, 0) is 28.9 Å². The molecule has 0 aliphatic rings. The summed E-state index contributed by atoms with van der Waals surface area (Å²) >= 11 is 0. The molecule has 1 N–H and O–H groups in total. The van der Waals surface area contributed by atoms with E-state index in [0.717, 1.165) is 5.56 Å². The van der Waals surface area contributed by atoms with Crippen LogP contribution >= 0.6 is 0 Å². The fourth-order valence-corrected chi connectivity index (χ4v) is 3.54. The second kappa shape index (κ2) is 6.89. The Kier molecular flexibility index (Phi) is 5.17. The predicted molar refractivity (Wildman–Crippen MR) is 79.8 cm³/mol. The van der Waals surface area contributed by atoms with Crippen molar-refractivity contribution < 1.29 is 17.9 Å². The highest BCUT2D eigenvalue weighted by Crippen LogP contribution is 2.15. The van der Waals surface area contributed by atoms with Gasteiger partial charge in [0.05, 0.1) is 25.2 Å². The summed E-state index contributed by atoms with van der Waals surface area (Å²) in [5.41, 5.74) is 1.46. The van der Waals surface area contributed by atoms with Gasteiger partial charge in [-0.2, -0.15) is 4.31 Å². The average Bonchev–Trinajstić information content (AvgIpc) is 2.98. The molecule has 0 spiro atoms. The standard InChI is InChI=1S/C15H19NO4S/c1-2-16(10-15-4-3-9-20-15)21(18,19)12-14-7-5-13(11-17)6-8-14/h3-9,17H,2,10-12H2,1H3. The van der Waals surface area contributed by atoms with Crippen LogP contribution in [0, 0.1) is 0 Å². The van der Waals surface area contributed by atoms with E-state index >= 15 is 0 Å². The van der Waals surface area contributed by atoms with Crippen molar-refractivity contribution in [1.29, 1.82) is 0 Å². The molecule has 2 rings (SSSR count). The van der Waals surface area contributed by atoms with Crippen LogP contribution < -0.4 is 0 Å². The molecule has 0 amide bonds. The minimum absolute atomic E-state index is 0.0490. The van der Waals surface area contributed by atoms with Crippen LogP contribution in [0.4, 0.5) is 0 Å². The molecule has 0 unspecified atom stereocenters. The first kappa shape index (κ1) is 15.8. The van der Waals surface area contributed by atoms with Gasteiger partial charge in [0, 0.05) is 6.54 Å². The zero-order valence-electron chi connectivity index (χ0n) is 11.9. The largest absolute Gasteiger partial charge is 0.468 e. The molecular formula is C15H19NO4S. The van der Waals surface area contributed by atoms with Crippen molar-refractivity contribution in [3.8, 4) is 0 Å². The van der Waals surface area contributed by atoms with E-state index in [4.69, 9.17) is 9.52 Å². The van der Waals surface area contributed by atoms with E-state index in [2.05, 4.69) is 0 Å². The van der Waals surface area contributed by atoms with Crippen molar-refractivity contribution in [2.45, 2.75) is 25.8 Å². The van der Waals surface area contributed by atoms with Gasteiger partial charge in [-0.15, -0.1) is 0 Å². The summed E-state index contributed by atoms with van der Waals surface area (Å²) in [7, 11) is -3.41. The summed E-state index contributed by atoms with van der Waals surface area (Å²) in [6.45, 7) is 2.38. The van der Waals surface area contributed by atoms with Gasteiger partial charge in [0.1, 0.15) is 5.76 Å². The Labute approximate surface area is 124 Å². The number of sulfonamides is 1. The molecule has 1 heterocycles. The maximum atomic E-state index is 12.4. The zero-order chi connectivity index (χ0) is 15.3. The highest BCUT2D eigenvalue weighted by molar-refractivity contribution is 7.88. The second-order valence-corrected chi connectivity index (χ2v) is 6.71. The molecule has 0 saturated carbocycles. The fraction of sp³-hybridized carbons (Fsp3) is 0.333. The lowest BCUT2D eigenvalue weighted by atomic mass is 10.2. The lowest BCUT2D eigenvalue weighted by Crippen LogP contribution is -2.31. The van der Waals surface area contributed by atoms with Crippen LogP contribution in [0.1, 0.15) is 23.8 Å². The Hall–Kier alpha value is -1.63. The van der Waals surface area contributed by atoms with E-state index in [1.54, 1.807) is 43.3 Å². The van der Waals surface area contributed by atoms with E-state index < -0.39 is 10.0 Å². The fourth-order valence-electron chi connectivity index (χ4n) is 2.03. The predicted octanol–water partition coefficient (Wildman–Crippen LogP) is 2.12. The van der Waals surface area contributed by atoms with E-state index in [1.165, 1.54) is 10.6 Å². The molecule has 5 nitrogen and oxygen atoms in total. The van der Waals surface area contributed by atoms with Gasteiger partial charge in [0.25, 0.3) is 0 Å². The lowest BCUT2D eigenvalue weighted by Gasteiger charge is -2.19. The molecule has 0 atom stereocenters. The molecule has 0 saturated heterocycles. The second-order valence-electron chi connectivity index (χ2n) is 4.74. The lowest BCUT2D eigenvalue weighted by molar-refractivity contribution is 0.282. The van der Waals surface area contributed by atoms with Gasteiger partial charge in [0.2, 0.25) is 10.0 Å². The first-order valence-corrected chi connectivity index (χ1v) is 8.35. The number of hydrogen-bond donors (Lipinski definition) is 1. The molecule has 21 heavy (non-hydrogen) atoms. The highest BCUT2D eigenvalue weighted by Gasteiger charge is 2.22. The average molecular weight is 309 g/mol. The van der Waals surface area contributed by atoms with Crippen molar-refractivity contribution in [3.05, 3.63) is 59.5 Å². The zero-order valence-corrected chi connectivity index (χ0v) is 12.7. The molecule has 0 radical (unpaired) electrons. The third-order valence-corrected chi connectivity index (χ3v) is 5.09. The van der Waals surface area contributed by atoms with Crippen LogP contribution in [0.3, 0.4) is 0 Å². The molecule has 6 heteroatoms. The first-order chi connectivity index (χ1) is 10.0. The van der Waals surface area contributed by atoms with Crippen molar-refractivity contribution in [1.82, 2.24) is 4.31 Å². The first-order valence-electron chi connectivity index (χ1n) is 6.74. The molecule has 0 aliphatic carbocycles. The monoisotopic (exact) mass is 309 g/mol. The molecular weight excluding hydrogens is 290 g/mol. The van der Waals surface area contributed by atoms with Gasteiger partial charge >= 0.3 is 0 Å². The van der Waals surface area contributed by atoms with Gasteiger partial charge in [-0.25, -0.2) is 8.42 Å². The number of rotatable bonds is 7. The Morgan fingerprint density at radius 3 is 2.33 bits per heavy atom. The highest BCUT2D eigenvalue weighted by atomic mass is 32.2. The van der Waals surface area contributed by atoms with Crippen LogP contribution in [0.25, 0.3) is 0 Å². The summed E-state index contributed by atoms with van der Waals surface area (Å²) in [6, 6.07) is 10.4. The summed E-state index contributed by atoms with van der Waals surface area (Å²) in [5.74, 6) is 0.559. The molecule has 1 aromatic carbocycles. The maximum absolute atomic E-state index is 12.4. The molecule has 114 valence electrons. The van der Waals surface area contributed by atoms with Gasteiger partial charge < -0.3 is 9.52 Å². The Morgan fingerprint density at radius 2 is 1.81 bits per heavy atom. The quantitative estimate of drug-likeness (QED) is 0.850. The molecule has 0 fully saturated rings. The smallest absolute Gasteiger partial charge is 0.218 e. The normalized spacial score (nSPS) is 12.0. The van der Waals surface area contributed by atoms with E-state index in [9.17, 15) is 8.42 Å². The topological polar surface area (TPSA) is 70.8 Å². The van der Waals surface area contributed by atoms with Crippen molar-refractivity contribution >= 4 is 10.0 Å². The molecule has 0 bridgehead atoms. The molecule has 2 aromatic rings. The van der Waals surface area contributed by atoms with Crippen LogP contribution in [0.2, 0.25) is 0 Å². The van der Waals surface area contributed by atoms with Gasteiger partial charge in [-0.05, 0) is 23.3 Å². The van der Waals surface area contributed by atoms with Crippen molar-refractivity contribution in [2.24, 2.45) is 0 Å². The Balaban J connectivity index is 2.11. The Morgan fingerprint density at radius 1 is 1.14 bits per heavy atom. The summed E-state index contributed by atoms with van der Waals surface area (Å²) in [5, 5.41) is 8.99. The minimum atomic E-state index is -3.41. The summed E-state index contributed by atoms with van der Waals surface area (Å²) in [6.07, 6.45) is 1.53. The van der Waals surface area contributed by atoms with E-state index in [0.29, 0.717) is 17.9 Å². The van der Waals surface area contributed by atoms with Crippen LogP contribution in [0.15, 0.2) is 47.1 Å². The number of hydrogen-bond acceptors (Lipinski definition) is 4. The number of aliphatic hydroxyl groups is 1. The van der Waals surface area contributed by atoms with Gasteiger partial charge in [0.15, 0.2) is 0 Å². The van der Waals surface area contributed by atoms with E-state index in [-0.39, 0.29) is 18.9 Å². The van der Waals surface area contributed by atoms with E-state index in [1.807, 2.05) is 0 Å². The third-order valence-electron chi connectivity index (χ3n) is 3.21. The van der Waals surface area contributed by atoms with Crippen molar-refractivity contribution in [2.75, 3.05) is 6.54 Å². The maximum Gasteiger partial charge on any atom is 0.218 e. The summed E-state index contributed by atoms with van der Waals surface area (Å²) < 4.78 is 31.5. The minimum Gasteiger partial charge on any atom is -0.468 e. The third kappa shape index (κ3) is 4.17. The number of furan rings is 1. The van der Waals surface area contributed by atoms with Gasteiger partial charge in [-0.3, -0.25) is 0 Å². The number of nitrogens with zero attached hydrogens (tertiary/aromatic N) is 1. The van der Waals surface area contributed by atoms with Crippen LogP contribution in [-0.4, -0.2) is 24.4 Å². The molecule has 1 aromatic heterocycles.